The first-order valence-corrected chi connectivity index (χ1v) is 13.4. The number of likely N-dealkylation sites (N-methyl/N-ethyl adjacent to an activating group) is 1. The van der Waals surface area contributed by atoms with Crippen molar-refractivity contribution >= 4 is 44.2 Å². The topological polar surface area (TPSA) is 86.8 Å². The number of carbonyl (C=O) groups excluding carboxylic acids is 2. The molecule has 0 unspecified atom stereocenters. The van der Waals surface area contributed by atoms with Crippen LogP contribution in [-0.2, 0) is 26.2 Å². The van der Waals surface area contributed by atoms with Gasteiger partial charge in [0.15, 0.2) is 0 Å². The van der Waals surface area contributed by atoms with Crippen LogP contribution in [0.3, 0.4) is 0 Å². The number of hydrogen-bond acceptors (Lipinski definition) is 4. The monoisotopic (exact) mass is 529 g/mol. The quantitative estimate of drug-likeness (QED) is 0.467. The Balaban J connectivity index is 1.87. The lowest BCUT2D eigenvalue weighted by Gasteiger charge is -2.32. The molecule has 0 saturated carbocycles. The van der Waals surface area contributed by atoms with Crippen molar-refractivity contribution in [2.75, 3.05) is 13.6 Å². The van der Waals surface area contributed by atoms with E-state index in [1.807, 2.05) is 45.0 Å². The Morgan fingerprint density at radius 3 is 2.22 bits per heavy atom. The van der Waals surface area contributed by atoms with Gasteiger partial charge in [0.25, 0.3) is 0 Å². The third-order valence-corrected chi connectivity index (χ3v) is 7.92. The molecular formula is C27H32ClN3O4S. The minimum Gasteiger partial charge on any atom is -0.350 e. The molecule has 192 valence electrons. The van der Waals surface area contributed by atoms with Crippen LogP contribution >= 0.6 is 11.6 Å². The normalized spacial score (nSPS) is 13.0. The fraction of sp³-hybridized carbons (Fsp3) is 0.333. The molecule has 0 heterocycles. The molecule has 3 rings (SSSR count). The zero-order chi connectivity index (χ0) is 26.7. The van der Waals surface area contributed by atoms with Crippen molar-refractivity contribution in [3.63, 3.8) is 0 Å². The summed E-state index contributed by atoms with van der Waals surface area (Å²) in [6.07, 6.45) is 0. The molecule has 0 saturated heterocycles. The maximum atomic E-state index is 13.5. The first-order valence-electron chi connectivity index (χ1n) is 11.6. The van der Waals surface area contributed by atoms with Crippen LogP contribution in [0.25, 0.3) is 10.8 Å². The van der Waals surface area contributed by atoms with Crippen molar-refractivity contribution in [1.82, 2.24) is 14.5 Å². The molecule has 0 aromatic heterocycles. The Morgan fingerprint density at radius 2 is 1.58 bits per heavy atom. The summed E-state index contributed by atoms with van der Waals surface area (Å²) in [6.45, 7) is 6.78. The second-order valence-electron chi connectivity index (χ2n) is 9.80. The highest BCUT2D eigenvalue weighted by Gasteiger charge is 2.31. The van der Waals surface area contributed by atoms with Gasteiger partial charge in [-0.05, 0) is 62.2 Å². The number of amides is 2. The van der Waals surface area contributed by atoms with Crippen LogP contribution in [0.15, 0.2) is 71.6 Å². The molecule has 9 heteroatoms. The van der Waals surface area contributed by atoms with Crippen LogP contribution in [0.1, 0.15) is 33.3 Å². The minimum atomic E-state index is -3.96. The zero-order valence-electron chi connectivity index (χ0n) is 21.2. The number of rotatable bonds is 8. The predicted octanol–water partition coefficient (Wildman–Crippen LogP) is 4.45. The fourth-order valence-corrected chi connectivity index (χ4v) is 5.09. The maximum absolute atomic E-state index is 13.5. The van der Waals surface area contributed by atoms with E-state index in [1.54, 1.807) is 43.3 Å². The number of carbonyl (C=O) groups is 2. The summed E-state index contributed by atoms with van der Waals surface area (Å²) in [6, 6.07) is 18.5. The van der Waals surface area contributed by atoms with Gasteiger partial charge in [0.05, 0.1) is 11.4 Å². The molecule has 0 bridgehead atoms. The largest absolute Gasteiger partial charge is 0.350 e. The molecular weight excluding hydrogens is 498 g/mol. The summed E-state index contributed by atoms with van der Waals surface area (Å²) in [5, 5.41) is 5.04. The van der Waals surface area contributed by atoms with Crippen molar-refractivity contribution < 1.29 is 18.0 Å². The first-order chi connectivity index (χ1) is 16.8. The summed E-state index contributed by atoms with van der Waals surface area (Å²) < 4.78 is 27.6. The number of halogens is 1. The second kappa shape index (κ2) is 11.0. The molecule has 0 aliphatic carbocycles. The average molecular weight is 530 g/mol. The predicted molar refractivity (Wildman–Crippen MR) is 143 cm³/mol. The molecule has 36 heavy (non-hydrogen) atoms. The van der Waals surface area contributed by atoms with Gasteiger partial charge in [-0.1, -0.05) is 60.1 Å². The third kappa shape index (κ3) is 6.63. The number of nitrogens with one attached hydrogen (secondary N) is 1. The summed E-state index contributed by atoms with van der Waals surface area (Å²) >= 11 is 6.32. The van der Waals surface area contributed by atoms with Gasteiger partial charge in [0.1, 0.15) is 6.04 Å². The minimum absolute atomic E-state index is 0.0566. The Morgan fingerprint density at radius 1 is 0.972 bits per heavy atom. The standard InChI is InChI=1S/C27H32ClN3O4S/c1-19(26(33)29-27(2,3)4)31(17-22-12-8-9-13-24(22)28)25(32)18-30(5)36(34,35)23-15-14-20-10-6-7-11-21(20)16-23/h6-16,19H,17-18H2,1-5H3,(H,29,33)/t19-/m0/s1. The van der Waals surface area contributed by atoms with Gasteiger partial charge in [-0.2, -0.15) is 4.31 Å². The molecule has 0 spiro atoms. The van der Waals surface area contributed by atoms with Crippen molar-refractivity contribution in [2.24, 2.45) is 0 Å². The zero-order valence-corrected chi connectivity index (χ0v) is 22.7. The molecule has 0 aliphatic heterocycles. The van der Waals surface area contributed by atoms with E-state index < -0.39 is 34.1 Å². The van der Waals surface area contributed by atoms with Gasteiger partial charge in [0.2, 0.25) is 21.8 Å². The lowest BCUT2D eigenvalue weighted by Crippen LogP contribution is -2.54. The van der Waals surface area contributed by atoms with Crippen molar-refractivity contribution in [3.8, 4) is 0 Å². The molecule has 0 aliphatic rings. The van der Waals surface area contributed by atoms with Crippen LogP contribution < -0.4 is 5.32 Å². The number of fused-ring (bicyclic) bond motifs is 1. The van der Waals surface area contributed by atoms with Gasteiger partial charge in [-0.15, -0.1) is 0 Å². The van der Waals surface area contributed by atoms with Gasteiger partial charge < -0.3 is 10.2 Å². The molecule has 1 N–H and O–H groups in total. The van der Waals surface area contributed by atoms with Crippen LogP contribution in [0.4, 0.5) is 0 Å². The van der Waals surface area contributed by atoms with E-state index in [4.69, 9.17) is 11.6 Å². The van der Waals surface area contributed by atoms with E-state index in [1.165, 1.54) is 18.0 Å². The van der Waals surface area contributed by atoms with Gasteiger partial charge in [-0.3, -0.25) is 9.59 Å². The molecule has 1 atom stereocenters. The maximum Gasteiger partial charge on any atom is 0.243 e. The number of hydrogen-bond donors (Lipinski definition) is 1. The second-order valence-corrected chi connectivity index (χ2v) is 12.3. The van der Waals surface area contributed by atoms with E-state index in [-0.39, 0.29) is 17.3 Å². The molecule has 0 radical (unpaired) electrons. The van der Waals surface area contributed by atoms with E-state index in [2.05, 4.69) is 5.32 Å². The smallest absolute Gasteiger partial charge is 0.243 e. The number of benzene rings is 3. The van der Waals surface area contributed by atoms with Crippen LogP contribution in [0, 0.1) is 0 Å². The Bertz CT molecular complexity index is 1370. The first kappa shape index (κ1) is 27.6. The van der Waals surface area contributed by atoms with Crippen LogP contribution in [0.2, 0.25) is 5.02 Å². The van der Waals surface area contributed by atoms with Gasteiger partial charge in [-0.25, -0.2) is 8.42 Å². The van der Waals surface area contributed by atoms with E-state index in [9.17, 15) is 18.0 Å². The lowest BCUT2D eigenvalue weighted by atomic mass is 10.1. The summed E-state index contributed by atoms with van der Waals surface area (Å²) in [5.41, 5.74) is 0.156. The molecule has 2 amide bonds. The summed E-state index contributed by atoms with van der Waals surface area (Å²) in [5.74, 6) is -0.860. The Hall–Kier alpha value is -2.94. The van der Waals surface area contributed by atoms with E-state index in [0.717, 1.165) is 15.1 Å². The Kier molecular flexibility index (Phi) is 8.44. The van der Waals surface area contributed by atoms with Gasteiger partial charge in [0, 0.05) is 24.2 Å². The third-order valence-electron chi connectivity index (χ3n) is 5.75. The number of sulfonamides is 1. The summed E-state index contributed by atoms with van der Waals surface area (Å²) in [7, 11) is -2.60. The molecule has 0 fully saturated rings. The highest BCUT2D eigenvalue weighted by molar-refractivity contribution is 7.89. The van der Waals surface area contributed by atoms with Crippen molar-refractivity contribution in [1.29, 1.82) is 0 Å². The highest BCUT2D eigenvalue weighted by atomic mass is 35.5. The molecule has 3 aromatic carbocycles. The van der Waals surface area contributed by atoms with Crippen molar-refractivity contribution in [3.05, 3.63) is 77.3 Å². The van der Waals surface area contributed by atoms with Crippen molar-refractivity contribution in [2.45, 2.75) is 50.7 Å². The molecule has 3 aromatic rings. The fourth-order valence-electron chi connectivity index (χ4n) is 3.74. The highest BCUT2D eigenvalue weighted by Crippen LogP contribution is 2.23. The average Bonchev–Trinajstić information content (AvgIpc) is 2.81. The lowest BCUT2D eigenvalue weighted by molar-refractivity contribution is -0.141. The van der Waals surface area contributed by atoms with Gasteiger partial charge >= 0.3 is 0 Å². The van der Waals surface area contributed by atoms with Crippen LogP contribution in [-0.4, -0.2) is 54.6 Å². The molecule has 7 nitrogen and oxygen atoms in total. The SMILES string of the molecule is C[C@@H](C(=O)NC(C)(C)C)N(Cc1ccccc1Cl)C(=O)CN(C)S(=O)(=O)c1ccc2ccccc2c1. The van der Waals surface area contributed by atoms with Crippen LogP contribution in [0.5, 0.6) is 0 Å². The Labute approximate surface area is 218 Å². The summed E-state index contributed by atoms with van der Waals surface area (Å²) in [4.78, 5) is 27.9. The number of nitrogens with zero attached hydrogens (tertiary/aromatic N) is 2. The van der Waals surface area contributed by atoms with E-state index in [0.29, 0.717) is 10.6 Å². The van der Waals surface area contributed by atoms with E-state index >= 15 is 0 Å².